The van der Waals surface area contributed by atoms with Crippen molar-refractivity contribution < 1.29 is 13.2 Å². The number of aryl methyl sites for hydroxylation is 1. The fourth-order valence-electron chi connectivity index (χ4n) is 3.55. The Morgan fingerprint density at radius 1 is 0.679 bits per heavy atom. The van der Waals surface area contributed by atoms with Crippen LogP contribution in [0.2, 0.25) is 0 Å². The highest BCUT2D eigenvalue weighted by Gasteiger charge is 2.13. The van der Waals surface area contributed by atoms with Crippen LogP contribution in [0.15, 0.2) is 72.8 Å². The average Bonchev–Trinajstić information content (AvgIpc) is 2.69. The number of hydrogen-bond acceptors (Lipinski definition) is 0. The number of fused-ring (bicyclic) bond motifs is 1. The van der Waals surface area contributed by atoms with Crippen LogP contribution in [0.4, 0.5) is 13.2 Å². The molecular weight excluding hydrogens is 357 g/mol. The summed E-state index contributed by atoms with van der Waals surface area (Å²) in [5.41, 5.74) is 2.94. The molecule has 0 spiro atoms. The second kappa shape index (κ2) is 7.51. The topological polar surface area (TPSA) is 0 Å². The molecule has 3 heteroatoms. The van der Waals surface area contributed by atoms with Crippen molar-refractivity contribution in [1.29, 1.82) is 0 Å². The molecule has 4 rings (SSSR count). The second-order valence-electron chi connectivity index (χ2n) is 6.93. The molecule has 0 unspecified atom stereocenters. The van der Waals surface area contributed by atoms with Crippen molar-refractivity contribution in [2.75, 3.05) is 0 Å². The molecular formula is C25H19F3. The van der Waals surface area contributed by atoms with E-state index in [4.69, 9.17) is 0 Å². The van der Waals surface area contributed by atoms with Gasteiger partial charge in [-0.25, -0.2) is 13.2 Å². The Bertz CT molecular complexity index is 1140. The summed E-state index contributed by atoms with van der Waals surface area (Å²) in [6, 6.07) is 19.6. The van der Waals surface area contributed by atoms with Crippen LogP contribution in [-0.2, 0) is 6.42 Å². The quantitative estimate of drug-likeness (QED) is 0.345. The zero-order chi connectivity index (χ0) is 19.7. The molecule has 0 bridgehead atoms. The predicted octanol–water partition coefficient (Wildman–Crippen LogP) is 7.54. The van der Waals surface area contributed by atoms with Crippen molar-refractivity contribution in [3.8, 4) is 22.3 Å². The zero-order valence-electron chi connectivity index (χ0n) is 15.5. The van der Waals surface area contributed by atoms with Gasteiger partial charge in [0.15, 0.2) is 0 Å². The summed E-state index contributed by atoms with van der Waals surface area (Å²) in [6.07, 6.45) is 1.99. The smallest absolute Gasteiger partial charge is 0.138 e. The Morgan fingerprint density at radius 3 is 2.11 bits per heavy atom. The van der Waals surface area contributed by atoms with E-state index in [0.29, 0.717) is 27.6 Å². The highest BCUT2D eigenvalue weighted by molar-refractivity contribution is 5.89. The predicted molar refractivity (Wildman–Crippen MR) is 109 cm³/mol. The molecule has 0 aliphatic rings. The first kappa shape index (κ1) is 18.3. The van der Waals surface area contributed by atoms with Gasteiger partial charge in [-0.1, -0.05) is 67.9 Å². The van der Waals surface area contributed by atoms with E-state index in [0.717, 1.165) is 18.2 Å². The minimum atomic E-state index is -0.470. The van der Waals surface area contributed by atoms with Crippen LogP contribution in [0.5, 0.6) is 0 Å². The molecule has 0 heterocycles. The molecule has 0 aromatic heterocycles. The first-order chi connectivity index (χ1) is 13.6. The summed E-state index contributed by atoms with van der Waals surface area (Å²) < 4.78 is 42.9. The second-order valence-corrected chi connectivity index (χ2v) is 6.93. The van der Waals surface area contributed by atoms with Gasteiger partial charge >= 0.3 is 0 Å². The summed E-state index contributed by atoms with van der Waals surface area (Å²) >= 11 is 0. The fraction of sp³-hybridized carbons (Fsp3) is 0.120. The van der Waals surface area contributed by atoms with Gasteiger partial charge in [0, 0.05) is 16.5 Å². The molecule has 0 saturated heterocycles. The van der Waals surface area contributed by atoms with Gasteiger partial charge in [0.25, 0.3) is 0 Å². The standard InChI is InChI=1S/C25H19F3/c1-2-3-16-4-11-22-18(14-16)8-13-23(25(22)28)19-7-12-21(24(27)15-19)17-5-9-20(26)10-6-17/h4-15H,2-3H2,1H3. The molecule has 4 aromatic rings. The Morgan fingerprint density at radius 2 is 1.39 bits per heavy atom. The number of halogens is 3. The van der Waals surface area contributed by atoms with Gasteiger partial charge in [-0.2, -0.15) is 0 Å². The summed E-state index contributed by atoms with van der Waals surface area (Å²) in [4.78, 5) is 0. The molecule has 0 amide bonds. The maximum Gasteiger partial charge on any atom is 0.138 e. The summed E-state index contributed by atoms with van der Waals surface area (Å²) in [5.74, 6) is -1.20. The van der Waals surface area contributed by atoms with Crippen LogP contribution in [0, 0.1) is 17.5 Å². The third-order valence-corrected chi connectivity index (χ3v) is 4.99. The molecule has 140 valence electrons. The number of hydrogen-bond donors (Lipinski definition) is 0. The van der Waals surface area contributed by atoms with E-state index < -0.39 is 5.82 Å². The lowest BCUT2D eigenvalue weighted by Gasteiger charge is -2.10. The van der Waals surface area contributed by atoms with E-state index in [1.54, 1.807) is 24.3 Å². The number of benzene rings is 4. The molecule has 0 nitrogen and oxygen atoms in total. The first-order valence-corrected chi connectivity index (χ1v) is 9.34. The van der Waals surface area contributed by atoms with E-state index >= 15 is 4.39 Å². The lowest BCUT2D eigenvalue weighted by Crippen LogP contribution is -1.91. The average molecular weight is 376 g/mol. The first-order valence-electron chi connectivity index (χ1n) is 9.34. The Balaban J connectivity index is 1.75. The third kappa shape index (κ3) is 3.40. The van der Waals surface area contributed by atoms with Crippen LogP contribution in [0.1, 0.15) is 18.9 Å². The molecule has 28 heavy (non-hydrogen) atoms. The van der Waals surface area contributed by atoms with Gasteiger partial charge < -0.3 is 0 Å². The minimum absolute atomic E-state index is 0.352. The van der Waals surface area contributed by atoms with Crippen LogP contribution in [0.25, 0.3) is 33.0 Å². The Hall–Kier alpha value is -3.07. The van der Waals surface area contributed by atoms with Gasteiger partial charge in [-0.3, -0.25) is 0 Å². The Kier molecular flexibility index (Phi) is 4.91. The fourth-order valence-corrected chi connectivity index (χ4v) is 3.55. The van der Waals surface area contributed by atoms with Crippen molar-refractivity contribution in [3.05, 3.63) is 95.8 Å². The van der Waals surface area contributed by atoms with E-state index in [1.807, 2.05) is 18.2 Å². The highest BCUT2D eigenvalue weighted by atomic mass is 19.1. The molecule has 0 aliphatic carbocycles. The molecule has 0 fully saturated rings. The molecule has 0 saturated carbocycles. The lowest BCUT2D eigenvalue weighted by molar-refractivity contribution is 0.625. The van der Waals surface area contributed by atoms with Crippen LogP contribution < -0.4 is 0 Å². The van der Waals surface area contributed by atoms with Gasteiger partial charge in [-0.05, 0) is 46.7 Å². The van der Waals surface area contributed by atoms with Gasteiger partial charge in [0.05, 0.1) is 0 Å². The molecule has 0 radical (unpaired) electrons. The Labute approximate surface area is 162 Å². The van der Waals surface area contributed by atoms with Gasteiger partial charge in [0.2, 0.25) is 0 Å². The van der Waals surface area contributed by atoms with Crippen molar-refractivity contribution in [2.45, 2.75) is 19.8 Å². The van der Waals surface area contributed by atoms with Crippen molar-refractivity contribution in [1.82, 2.24) is 0 Å². The van der Waals surface area contributed by atoms with Gasteiger partial charge in [0.1, 0.15) is 17.5 Å². The largest absolute Gasteiger partial charge is 0.207 e. The summed E-state index contributed by atoms with van der Waals surface area (Å²) in [5, 5.41) is 1.37. The molecule has 0 aliphatic heterocycles. The van der Waals surface area contributed by atoms with Crippen molar-refractivity contribution in [3.63, 3.8) is 0 Å². The van der Waals surface area contributed by atoms with Crippen LogP contribution in [-0.4, -0.2) is 0 Å². The van der Waals surface area contributed by atoms with Crippen molar-refractivity contribution in [2.24, 2.45) is 0 Å². The minimum Gasteiger partial charge on any atom is -0.207 e. The van der Waals surface area contributed by atoms with E-state index in [9.17, 15) is 8.78 Å². The van der Waals surface area contributed by atoms with Crippen LogP contribution in [0.3, 0.4) is 0 Å². The maximum atomic E-state index is 15.1. The number of rotatable bonds is 4. The molecule has 0 atom stereocenters. The SMILES string of the molecule is CCCc1ccc2c(F)c(-c3ccc(-c4ccc(F)cc4)c(F)c3)ccc2c1. The monoisotopic (exact) mass is 376 g/mol. The van der Waals surface area contributed by atoms with Gasteiger partial charge in [-0.15, -0.1) is 0 Å². The summed E-state index contributed by atoms with van der Waals surface area (Å²) in [6.45, 7) is 2.11. The zero-order valence-corrected chi connectivity index (χ0v) is 15.5. The maximum absolute atomic E-state index is 15.1. The highest BCUT2D eigenvalue weighted by Crippen LogP contribution is 2.32. The summed E-state index contributed by atoms with van der Waals surface area (Å²) in [7, 11) is 0. The molecule has 4 aromatic carbocycles. The third-order valence-electron chi connectivity index (χ3n) is 4.99. The molecule has 0 N–H and O–H groups in total. The lowest BCUT2D eigenvalue weighted by atomic mass is 9.96. The van der Waals surface area contributed by atoms with Crippen LogP contribution >= 0.6 is 0 Å². The van der Waals surface area contributed by atoms with E-state index in [-0.39, 0.29) is 11.6 Å². The van der Waals surface area contributed by atoms with E-state index in [1.165, 1.54) is 35.9 Å². The van der Waals surface area contributed by atoms with Crippen molar-refractivity contribution >= 4 is 10.8 Å². The normalized spacial score (nSPS) is 11.1. The van der Waals surface area contributed by atoms with E-state index in [2.05, 4.69) is 6.92 Å².